The summed E-state index contributed by atoms with van der Waals surface area (Å²) < 4.78 is 0. The molecule has 1 saturated heterocycles. The van der Waals surface area contributed by atoms with Gasteiger partial charge in [-0.2, -0.15) is 0 Å². The predicted octanol–water partition coefficient (Wildman–Crippen LogP) is 1.71. The second-order valence-corrected chi connectivity index (χ2v) is 3.70. The van der Waals surface area contributed by atoms with E-state index in [1.807, 2.05) is 17.0 Å². The van der Waals surface area contributed by atoms with Crippen LogP contribution in [0.25, 0.3) is 0 Å². The molecular formula is C11H14N2O. The Hall–Kier alpha value is -1.38. The Morgan fingerprint density at radius 2 is 2.43 bits per heavy atom. The van der Waals surface area contributed by atoms with E-state index in [0.29, 0.717) is 11.7 Å². The zero-order chi connectivity index (χ0) is 9.97. The van der Waals surface area contributed by atoms with E-state index in [-0.39, 0.29) is 5.91 Å². The van der Waals surface area contributed by atoms with Crippen molar-refractivity contribution < 1.29 is 4.79 Å². The maximum Gasteiger partial charge on any atom is 0.272 e. The zero-order valence-electron chi connectivity index (χ0n) is 8.31. The number of hydrogen-bond donors (Lipinski definition) is 0. The molecule has 2 rings (SSSR count). The first-order valence-corrected chi connectivity index (χ1v) is 5.01. The molecule has 0 spiro atoms. The summed E-state index contributed by atoms with van der Waals surface area (Å²) in [6, 6.07) is 5.81. The summed E-state index contributed by atoms with van der Waals surface area (Å²) in [5.74, 6) is 0.0654. The quantitative estimate of drug-likeness (QED) is 0.675. The number of hydrogen-bond acceptors (Lipinski definition) is 2. The van der Waals surface area contributed by atoms with E-state index in [1.54, 1.807) is 12.3 Å². The predicted molar refractivity (Wildman–Crippen MR) is 54.0 cm³/mol. The molecule has 3 heteroatoms. The van der Waals surface area contributed by atoms with Crippen LogP contribution in [0.3, 0.4) is 0 Å². The van der Waals surface area contributed by atoms with Crippen LogP contribution in [0.5, 0.6) is 0 Å². The van der Waals surface area contributed by atoms with Gasteiger partial charge < -0.3 is 4.90 Å². The van der Waals surface area contributed by atoms with Gasteiger partial charge in [-0.25, -0.2) is 0 Å². The minimum absolute atomic E-state index is 0.0654. The van der Waals surface area contributed by atoms with Gasteiger partial charge in [-0.3, -0.25) is 9.78 Å². The summed E-state index contributed by atoms with van der Waals surface area (Å²) in [5.41, 5.74) is 0.557. The van der Waals surface area contributed by atoms with Crippen molar-refractivity contribution in [1.82, 2.24) is 9.88 Å². The van der Waals surface area contributed by atoms with Crippen LogP contribution in [0.2, 0.25) is 0 Å². The lowest BCUT2D eigenvalue weighted by Crippen LogP contribution is -2.34. The van der Waals surface area contributed by atoms with Gasteiger partial charge in [-0.05, 0) is 31.9 Å². The summed E-state index contributed by atoms with van der Waals surface area (Å²) in [6.45, 7) is 2.96. The van der Waals surface area contributed by atoms with Gasteiger partial charge in [0.05, 0.1) is 0 Å². The van der Waals surface area contributed by atoms with E-state index in [0.717, 1.165) is 19.4 Å². The van der Waals surface area contributed by atoms with Crippen LogP contribution in [0, 0.1) is 0 Å². The lowest BCUT2D eigenvalue weighted by molar-refractivity contribution is 0.0741. The van der Waals surface area contributed by atoms with Gasteiger partial charge in [0.2, 0.25) is 0 Å². The molecule has 3 nitrogen and oxygen atoms in total. The molecule has 1 unspecified atom stereocenters. The van der Waals surface area contributed by atoms with E-state index >= 15 is 0 Å². The molecule has 1 amide bonds. The number of pyridine rings is 1. The fraction of sp³-hybridized carbons (Fsp3) is 0.455. The van der Waals surface area contributed by atoms with Crippen molar-refractivity contribution in [2.24, 2.45) is 0 Å². The number of aromatic nitrogens is 1. The van der Waals surface area contributed by atoms with E-state index in [4.69, 9.17) is 0 Å². The topological polar surface area (TPSA) is 33.2 Å². The number of nitrogens with zero attached hydrogens (tertiary/aromatic N) is 2. The molecule has 1 aliphatic rings. The van der Waals surface area contributed by atoms with E-state index in [2.05, 4.69) is 11.9 Å². The SMILES string of the molecule is CC1CCCN1C(=O)c1ccccn1. The maximum atomic E-state index is 11.9. The van der Waals surface area contributed by atoms with Crippen molar-refractivity contribution in [2.75, 3.05) is 6.54 Å². The lowest BCUT2D eigenvalue weighted by atomic mass is 10.2. The summed E-state index contributed by atoms with van der Waals surface area (Å²) in [4.78, 5) is 17.9. The second kappa shape index (κ2) is 3.78. The summed E-state index contributed by atoms with van der Waals surface area (Å²) in [6.07, 6.45) is 3.88. The molecule has 0 aliphatic carbocycles. The molecule has 0 N–H and O–H groups in total. The van der Waals surface area contributed by atoms with Crippen molar-refractivity contribution >= 4 is 5.91 Å². The highest BCUT2D eigenvalue weighted by atomic mass is 16.2. The number of carbonyl (C=O) groups excluding carboxylic acids is 1. The van der Waals surface area contributed by atoms with Gasteiger partial charge >= 0.3 is 0 Å². The van der Waals surface area contributed by atoms with Crippen LogP contribution >= 0.6 is 0 Å². The third kappa shape index (κ3) is 1.62. The van der Waals surface area contributed by atoms with Gasteiger partial charge in [-0.1, -0.05) is 6.07 Å². The number of amides is 1. The normalized spacial score (nSPS) is 21.2. The first kappa shape index (κ1) is 9.19. The van der Waals surface area contributed by atoms with Crippen molar-refractivity contribution in [3.05, 3.63) is 30.1 Å². The summed E-state index contributed by atoms with van der Waals surface area (Å²) in [5, 5.41) is 0. The standard InChI is InChI=1S/C11H14N2O/c1-9-5-4-8-13(9)11(14)10-6-2-3-7-12-10/h2-3,6-7,9H,4-5,8H2,1H3. The van der Waals surface area contributed by atoms with Crippen molar-refractivity contribution in [3.63, 3.8) is 0 Å². The zero-order valence-corrected chi connectivity index (χ0v) is 8.31. The fourth-order valence-corrected chi connectivity index (χ4v) is 1.87. The highest BCUT2D eigenvalue weighted by molar-refractivity contribution is 5.92. The molecular weight excluding hydrogens is 176 g/mol. The number of rotatable bonds is 1. The Kier molecular flexibility index (Phi) is 2.48. The Balaban J connectivity index is 2.16. The van der Waals surface area contributed by atoms with Crippen molar-refractivity contribution in [2.45, 2.75) is 25.8 Å². The molecule has 1 fully saturated rings. The van der Waals surface area contributed by atoms with Crippen LogP contribution in [0.15, 0.2) is 24.4 Å². The molecule has 74 valence electrons. The number of carbonyl (C=O) groups is 1. The first-order valence-electron chi connectivity index (χ1n) is 5.01. The van der Waals surface area contributed by atoms with Gasteiger partial charge in [0.1, 0.15) is 5.69 Å². The van der Waals surface area contributed by atoms with Crippen LogP contribution in [0.4, 0.5) is 0 Å². The highest BCUT2D eigenvalue weighted by Crippen LogP contribution is 2.18. The molecule has 1 aliphatic heterocycles. The molecule has 0 radical (unpaired) electrons. The molecule has 14 heavy (non-hydrogen) atoms. The largest absolute Gasteiger partial charge is 0.335 e. The molecule has 0 saturated carbocycles. The lowest BCUT2D eigenvalue weighted by Gasteiger charge is -2.20. The van der Waals surface area contributed by atoms with Crippen molar-refractivity contribution in [1.29, 1.82) is 0 Å². The van der Waals surface area contributed by atoms with Gasteiger partial charge in [0, 0.05) is 18.8 Å². The van der Waals surface area contributed by atoms with E-state index in [1.165, 1.54) is 0 Å². The third-order valence-electron chi connectivity index (χ3n) is 2.70. The number of likely N-dealkylation sites (tertiary alicyclic amines) is 1. The van der Waals surface area contributed by atoms with Gasteiger partial charge in [0.15, 0.2) is 0 Å². The monoisotopic (exact) mass is 190 g/mol. The Labute approximate surface area is 83.8 Å². The molecule has 0 aromatic carbocycles. The Morgan fingerprint density at radius 1 is 1.57 bits per heavy atom. The second-order valence-electron chi connectivity index (χ2n) is 3.70. The van der Waals surface area contributed by atoms with Crippen LogP contribution in [0.1, 0.15) is 30.3 Å². The van der Waals surface area contributed by atoms with E-state index < -0.39 is 0 Å². The molecule has 1 aromatic heterocycles. The molecule has 2 heterocycles. The first-order chi connectivity index (χ1) is 6.79. The van der Waals surface area contributed by atoms with Crippen LogP contribution in [-0.2, 0) is 0 Å². The average Bonchev–Trinajstić information content (AvgIpc) is 2.65. The Morgan fingerprint density at radius 3 is 3.00 bits per heavy atom. The van der Waals surface area contributed by atoms with Crippen molar-refractivity contribution in [3.8, 4) is 0 Å². The molecule has 1 atom stereocenters. The summed E-state index contributed by atoms with van der Waals surface area (Å²) >= 11 is 0. The fourth-order valence-electron chi connectivity index (χ4n) is 1.87. The van der Waals surface area contributed by atoms with Crippen LogP contribution in [-0.4, -0.2) is 28.4 Å². The highest BCUT2D eigenvalue weighted by Gasteiger charge is 2.26. The minimum Gasteiger partial charge on any atom is -0.335 e. The molecule has 1 aromatic rings. The average molecular weight is 190 g/mol. The Bertz CT molecular complexity index is 323. The maximum absolute atomic E-state index is 11.9. The third-order valence-corrected chi connectivity index (χ3v) is 2.70. The van der Waals surface area contributed by atoms with Gasteiger partial charge in [0.25, 0.3) is 5.91 Å². The smallest absolute Gasteiger partial charge is 0.272 e. The van der Waals surface area contributed by atoms with Crippen LogP contribution < -0.4 is 0 Å². The van der Waals surface area contributed by atoms with E-state index in [9.17, 15) is 4.79 Å². The van der Waals surface area contributed by atoms with Gasteiger partial charge in [-0.15, -0.1) is 0 Å². The minimum atomic E-state index is 0.0654. The summed E-state index contributed by atoms with van der Waals surface area (Å²) in [7, 11) is 0. The molecule has 0 bridgehead atoms.